The van der Waals surface area contributed by atoms with Crippen molar-refractivity contribution in [2.24, 2.45) is 0 Å². The van der Waals surface area contributed by atoms with Gasteiger partial charge in [0.05, 0.1) is 19.8 Å². The average Bonchev–Trinajstić information content (AvgIpc) is 3.41. The zero-order chi connectivity index (χ0) is 55.5. The topological polar surface area (TPSA) is 155 Å². The molecule has 11 nitrogen and oxygen atoms in total. The third-order valence-electron chi connectivity index (χ3n) is 12.1. The maximum atomic E-state index is 12.9. The van der Waals surface area contributed by atoms with E-state index >= 15 is 0 Å². The van der Waals surface area contributed by atoms with Gasteiger partial charge in [-0.2, -0.15) is 0 Å². The minimum atomic E-state index is -4.77. The smallest absolute Gasteiger partial charge is 0.462 e. The largest absolute Gasteiger partial charge is 0.472 e. The predicted octanol–water partition coefficient (Wildman–Crippen LogP) is 17.8. The summed E-state index contributed by atoms with van der Waals surface area (Å²) in [6, 6.07) is 0. The SMILES string of the molecule is CC/C=C\C/C=C\C/C=C\C/C=C\C/C=C\CCCC(=O)OC(COC(=O)CCCCCCCC/C=C\C/C=C\C/C=C\CCCCC)COP(=O)(O)OCC(CO)OC(=O)CCCCCCC/C=C\CCCCCC. The van der Waals surface area contributed by atoms with E-state index in [4.69, 9.17) is 23.3 Å². The molecule has 0 aliphatic rings. The van der Waals surface area contributed by atoms with Gasteiger partial charge in [0.2, 0.25) is 0 Å². The average molecular weight is 1080 g/mol. The summed E-state index contributed by atoms with van der Waals surface area (Å²) in [6.45, 7) is 4.40. The van der Waals surface area contributed by atoms with E-state index in [0.29, 0.717) is 25.7 Å². The number of rotatable bonds is 54. The van der Waals surface area contributed by atoms with Gasteiger partial charge < -0.3 is 24.2 Å². The van der Waals surface area contributed by atoms with Crippen molar-refractivity contribution in [1.82, 2.24) is 0 Å². The van der Waals surface area contributed by atoms with Crippen molar-refractivity contribution >= 4 is 25.7 Å². The highest BCUT2D eigenvalue weighted by atomic mass is 31.2. The molecule has 0 fully saturated rings. The zero-order valence-electron chi connectivity index (χ0n) is 47.9. The normalized spacial score (nSPS) is 14.1. The van der Waals surface area contributed by atoms with E-state index in [0.717, 1.165) is 122 Å². The van der Waals surface area contributed by atoms with Crippen molar-refractivity contribution in [2.75, 3.05) is 26.4 Å². The van der Waals surface area contributed by atoms with Gasteiger partial charge in [-0.25, -0.2) is 4.57 Å². The highest BCUT2D eigenvalue weighted by Crippen LogP contribution is 2.43. The number of phosphoric ester groups is 1. The molecule has 0 bridgehead atoms. The fourth-order valence-electron chi connectivity index (χ4n) is 7.63. The Morgan fingerprint density at radius 1 is 0.382 bits per heavy atom. The first-order valence-corrected chi connectivity index (χ1v) is 31.3. The summed E-state index contributed by atoms with van der Waals surface area (Å²) in [6.07, 6.45) is 69.1. The summed E-state index contributed by atoms with van der Waals surface area (Å²) in [5.41, 5.74) is 0. The van der Waals surface area contributed by atoms with Crippen LogP contribution in [0.4, 0.5) is 0 Å². The third kappa shape index (κ3) is 54.9. The number of allylic oxidation sites excluding steroid dienone is 18. The molecule has 2 N–H and O–H groups in total. The number of aliphatic hydroxyl groups excluding tert-OH is 1. The molecular formula is C64H107O11P. The van der Waals surface area contributed by atoms with Crippen LogP contribution in [0.3, 0.4) is 0 Å². The fourth-order valence-corrected chi connectivity index (χ4v) is 8.41. The maximum Gasteiger partial charge on any atom is 0.472 e. The summed E-state index contributed by atoms with van der Waals surface area (Å²) < 4.78 is 39.5. The molecule has 0 aromatic rings. The number of carbonyl (C=O) groups is 3. The molecule has 0 aliphatic heterocycles. The molecule has 434 valence electrons. The third-order valence-corrected chi connectivity index (χ3v) is 13.1. The molecule has 0 aliphatic carbocycles. The van der Waals surface area contributed by atoms with Crippen LogP contribution in [0, 0.1) is 0 Å². The lowest BCUT2D eigenvalue weighted by molar-refractivity contribution is -0.161. The number of hydrogen-bond donors (Lipinski definition) is 2. The van der Waals surface area contributed by atoms with E-state index in [9.17, 15) is 28.9 Å². The molecular weight excluding hydrogens is 976 g/mol. The lowest BCUT2D eigenvalue weighted by Crippen LogP contribution is -2.30. The first-order chi connectivity index (χ1) is 37.2. The summed E-state index contributed by atoms with van der Waals surface area (Å²) in [5, 5.41) is 9.81. The van der Waals surface area contributed by atoms with Gasteiger partial charge in [-0.15, -0.1) is 0 Å². The summed E-state index contributed by atoms with van der Waals surface area (Å²) >= 11 is 0. The first kappa shape index (κ1) is 72.1. The number of carbonyl (C=O) groups excluding carboxylic acids is 3. The van der Waals surface area contributed by atoms with Crippen LogP contribution in [-0.4, -0.2) is 66.5 Å². The Morgan fingerprint density at radius 2 is 0.697 bits per heavy atom. The Kier molecular flexibility index (Phi) is 54.4. The summed E-state index contributed by atoms with van der Waals surface area (Å²) in [7, 11) is -4.77. The minimum Gasteiger partial charge on any atom is -0.462 e. The van der Waals surface area contributed by atoms with Crippen LogP contribution in [-0.2, 0) is 42.2 Å². The van der Waals surface area contributed by atoms with Crippen molar-refractivity contribution in [3.8, 4) is 0 Å². The van der Waals surface area contributed by atoms with Gasteiger partial charge in [0.15, 0.2) is 6.10 Å². The van der Waals surface area contributed by atoms with Gasteiger partial charge >= 0.3 is 25.7 Å². The van der Waals surface area contributed by atoms with Crippen molar-refractivity contribution in [3.63, 3.8) is 0 Å². The summed E-state index contributed by atoms with van der Waals surface area (Å²) in [5.74, 6) is -1.57. The van der Waals surface area contributed by atoms with Gasteiger partial charge in [-0.05, 0) is 122 Å². The second-order valence-corrected chi connectivity index (χ2v) is 20.9. The van der Waals surface area contributed by atoms with E-state index in [1.54, 1.807) is 0 Å². The van der Waals surface area contributed by atoms with Crippen molar-refractivity contribution in [1.29, 1.82) is 0 Å². The molecule has 0 rings (SSSR count). The second kappa shape index (κ2) is 57.3. The monoisotopic (exact) mass is 1080 g/mol. The molecule has 0 saturated heterocycles. The van der Waals surface area contributed by atoms with Crippen LogP contribution < -0.4 is 0 Å². The first-order valence-electron chi connectivity index (χ1n) is 29.8. The second-order valence-electron chi connectivity index (χ2n) is 19.4. The molecule has 0 aromatic carbocycles. The Morgan fingerprint density at radius 3 is 1.14 bits per heavy atom. The molecule has 0 heterocycles. The minimum absolute atomic E-state index is 0.0808. The van der Waals surface area contributed by atoms with Crippen LogP contribution in [0.15, 0.2) is 109 Å². The van der Waals surface area contributed by atoms with Crippen LogP contribution in [0.1, 0.15) is 239 Å². The summed E-state index contributed by atoms with van der Waals surface area (Å²) in [4.78, 5) is 48.6. The molecule has 12 heteroatoms. The van der Waals surface area contributed by atoms with Gasteiger partial charge in [0.25, 0.3) is 0 Å². The Labute approximate surface area is 463 Å². The van der Waals surface area contributed by atoms with E-state index in [1.807, 2.05) is 12.2 Å². The number of esters is 3. The van der Waals surface area contributed by atoms with E-state index in [1.165, 1.54) is 51.4 Å². The highest BCUT2D eigenvalue weighted by Gasteiger charge is 2.28. The maximum absolute atomic E-state index is 12.9. The molecule has 0 aromatic heterocycles. The van der Waals surface area contributed by atoms with E-state index in [-0.39, 0.29) is 25.9 Å². The van der Waals surface area contributed by atoms with Crippen LogP contribution in [0.5, 0.6) is 0 Å². The quantitative estimate of drug-likeness (QED) is 0.0197. The Bertz CT molecular complexity index is 1690. The van der Waals surface area contributed by atoms with Crippen molar-refractivity contribution in [3.05, 3.63) is 109 Å². The van der Waals surface area contributed by atoms with Gasteiger partial charge in [-0.3, -0.25) is 23.4 Å². The fraction of sp³-hybridized carbons (Fsp3) is 0.672. The lowest BCUT2D eigenvalue weighted by atomic mass is 10.1. The number of unbranched alkanes of at least 4 members (excludes halogenated alkanes) is 19. The Balaban J connectivity index is 4.84. The van der Waals surface area contributed by atoms with Gasteiger partial charge in [0, 0.05) is 19.3 Å². The Hall–Kier alpha value is -3.86. The van der Waals surface area contributed by atoms with Gasteiger partial charge in [0.1, 0.15) is 12.7 Å². The van der Waals surface area contributed by atoms with Crippen LogP contribution in [0.25, 0.3) is 0 Å². The van der Waals surface area contributed by atoms with E-state index in [2.05, 4.69) is 118 Å². The predicted molar refractivity (Wildman–Crippen MR) is 316 cm³/mol. The van der Waals surface area contributed by atoms with Crippen LogP contribution in [0.2, 0.25) is 0 Å². The molecule has 76 heavy (non-hydrogen) atoms. The molecule has 0 spiro atoms. The van der Waals surface area contributed by atoms with Crippen molar-refractivity contribution in [2.45, 2.75) is 251 Å². The highest BCUT2D eigenvalue weighted by molar-refractivity contribution is 7.47. The van der Waals surface area contributed by atoms with Gasteiger partial charge in [-0.1, -0.05) is 207 Å². The lowest BCUT2D eigenvalue weighted by Gasteiger charge is -2.21. The van der Waals surface area contributed by atoms with E-state index < -0.39 is 57.8 Å². The molecule has 3 unspecified atom stereocenters. The number of ether oxygens (including phenoxy) is 3. The number of phosphoric acid groups is 1. The number of hydrogen-bond acceptors (Lipinski definition) is 10. The molecule has 0 radical (unpaired) electrons. The molecule has 0 saturated carbocycles. The van der Waals surface area contributed by atoms with Crippen LogP contribution >= 0.6 is 7.82 Å². The zero-order valence-corrected chi connectivity index (χ0v) is 48.8. The molecule has 0 amide bonds. The standard InChI is InChI=1S/C64H107O11P/c1-4-7-10-13-16-19-22-25-27-29-30-32-33-36-38-41-44-47-50-53-62(66)71-57-61(75-64(68)55-52-49-46-43-40-37-34-31-28-26-23-20-17-14-11-8-5-2)59-73-76(69,70)72-58-60(56-65)74-63(67)54-51-48-45-42-39-35-24-21-18-15-12-9-6-3/h8,11,16-17,19-21,24-28,30,32,34,37,43,46,60-61,65H,4-7,9-10,12-15,18,22-23,29,31,33,35-36,38-42,44-45,47-59H2,1-3H3,(H,69,70)/b11-8-,19-16-,20-17-,24-21-,27-25-,28-26-,32-30-,37-34-,46-43-. The van der Waals surface area contributed by atoms with Crippen molar-refractivity contribution < 1.29 is 52.2 Å². The molecule has 3 atom stereocenters. The number of aliphatic hydroxyl groups is 1.